The van der Waals surface area contributed by atoms with E-state index in [0.717, 1.165) is 23.8 Å². The summed E-state index contributed by atoms with van der Waals surface area (Å²) in [6.45, 7) is 2.75. The second-order valence-corrected chi connectivity index (χ2v) is 9.68. The Kier molecular flexibility index (Phi) is 6.65. The van der Waals surface area contributed by atoms with E-state index in [0.29, 0.717) is 29.8 Å². The van der Waals surface area contributed by atoms with Gasteiger partial charge in [-0.25, -0.2) is 14.8 Å². The summed E-state index contributed by atoms with van der Waals surface area (Å²) in [5.41, 5.74) is 5.10. The first-order valence-corrected chi connectivity index (χ1v) is 12.4. The highest BCUT2D eigenvalue weighted by Crippen LogP contribution is 2.34. The lowest BCUT2D eigenvalue weighted by Crippen LogP contribution is -2.65. The minimum atomic E-state index is -4.68. The van der Waals surface area contributed by atoms with Crippen LogP contribution in [0.1, 0.15) is 31.2 Å². The molecule has 9 nitrogen and oxygen atoms in total. The van der Waals surface area contributed by atoms with Crippen molar-refractivity contribution < 1.29 is 22.8 Å². The van der Waals surface area contributed by atoms with E-state index in [2.05, 4.69) is 16.8 Å². The number of nitrogens with zero attached hydrogens (tertiary/aromatic N) is 6. The van der Waals surface area contributed by atoms with Crippen molar-refractivity contribution in [2.75, 3.05) is 26.7 Å². The summed E-state index contributed by atoms with van der Waals surface area (Å²) in [4.78, 5) is 42.0. The lowest BCUT2D eigenvalue weighted by Gasteiger charge is -2.42. The summed E-state index contributed by atoms with van der Waals surface area (Å²) in [5.74, 6) is 5.82. The first kappa shape index (κ1) is 25.8. The van der Waals surface area contributed by atoms with Gasteiger partial charge < -0.3 is 20.4 Å². The number of urea groups is 1. The van der Waals surface area contributed by atoms with Crippen molar-refractivity contribution in [1.82, 2.24) is 24.6 Å². The van der Waals surface area contributed by atoms with E-state index in [4.69, 9.17) is 10.7 Å². The monoisotopic (exact) mass is 527 g/mol. The number of imide groups is 1. The Labute approximate surface area is 218 Å². The number of fused-ring (bicyclic) bond motifs is 2. The molecule has 200 valence electrons. The number of halogens is 3. The van der Waals surface area contributed by atoms with Crippen LogP contribution >= 0.6 is 0 Å². The van der Waals surface area contributed by atoms with Crippen LogP contribution in [0.3, 0.4) is 0 Å². The third-order valence-corrected chi connectivity index (χ3v) is 7.16. The van der Waals surface area contributed by atoms with E-state index in [1.807, 2.05) is 4.90 Å². The Bertz CT molecular complexity index is 1370. The smallest absolute Gasteiger partial charge is 0.341 e. The molecule has 2 fully saturated rings. The van der Waals surface area contributed by atoms with Gasteiger partial charge in [0.25, 0.3) is 5.91 Å². The number of alkyl halides is 3. The van der Waals surface area contributed by atoms with Crippen molar-refractivity contribution in [2.24, 2.45) is 10.7 Å². The zero-order valence-electron chi connectivity index (χ0n) is 21.1. The number of likely N-dealkylation sites (tertiary alicyclic amines) is 1. The number of likely N-dealkylation sites (N-methyl/N-ethyl adjacent to an activating group) is 1. The van der Waals surface area contributed by atoms with Crippen LogP contribution in [0, 0.1) is 11.8 Å². The number of pyridine rings is 1. The van der Waals surface area contributed by atoms with Gasteiger partial charge in [0.15, 0.2) is 18.2 Å². The normalized spacial score (nSPS) is 23.9. The summed E-state index contributed by atoms with van der Waals surface area (Å²) in [5, 5.41) is 0.756. The number of aliphatic imine (C=N–C) groups is 1. The van der Waals surface area contributed by atoms with Gasteiger partial charge >= 0.3 is 12.2 Å². The predicted molar refractivity (Wildman–Crippen MR) is 134 cm³/mol. The van der Waals surface area contributed by atoms with Gasteiger partial charge in [0.1, 0.15) is 5.69 Å². The molecule has 2 aromatic rings. The molecule has 1 aromatic carbocycles. The molecule has 3 aliphatic rings. The van der Waals surface area contributed by atoms with Gasteiger partial charge in [0, 0.05) is 31.6 Å². The molecule has 0 radical (unpaired) electrons. The van der Waals surface area contributed by atoms with Gasteiger partial charge in [-0.1, -0.05) is 30.2 Å². The average Bonchev–Trinajstić information content (AvgIpc) is 3.27. The van der Waals surface area contributed by atoms with Gasteiger partial charge in [0.2, 0.25) is 0 Å². The molecule has 38 heavy (non-hydrogen) atoms. The largest absolute Gasteiger partial charge is 0.433 e. The van der Waals surface area contributed by atoms with Crippen LogP contribution in [0.15, 0.2) is 35.3 Å². The minimum absolute atomic E-state index is 0.00924. The fraction of sp³-hybridized carbons (Fsp3) is 0.462. The van der Waals surface area contributed by atoms with Crippen molar-refractivity contribution in [1.29, 1.82) is 0 Å². The SMILES string of the molecule is CC#CCN1C(N2CCC[C@@H](N)C2)=NC2C1C(=O)N(Cc1nc(C(F)(F)F)cc3ccccc13)C(=O)N2C. The van der Waals surface area contributed by atoms with Crippen molar-refractivity contribution in [3.05, 3.63) is 41.7 Å². The number of carbonyl (C=O) groups excluding carboxylic acids is 2. The number of benzene rings is 1. The van der Waals surface area contributed by atoms with Gasteiger partial charge in [-0.05, 0) is 31.2 Å². The van der Waals surface area contributed by atoms with Gasteiger partial charge in [-0.2, -0.15) is 13.2 Å². The van der Waals surface area contributed by atoms with Crippen molar-refractivity contribution in [2.45, 2.75) is 50.7 Å². The standard InChI is InChI=1S/C26H28F3N7O2/c1-3-4-12-35-21-22(32-24(35)34-11-7-9-17(30)14-34)33(2)25(38)36(23(21)37)15-19-18-10-6-5-8-16(18)13-20(31-19)26(27,28)29/h5-6,8,10,13,17,21-22H,7,9,11-12,14-15,30H2,1-2H3/t17-,21?,22?/m1/s1. The van der Waals surface area contributed by atoms with Gasteiger partial charge in [0.05, 0.1) is 18.8 Å². The van der Waals surface area contributed by atoms with Gasteiger partial charge in [-0.3, -0.25) is 9.69 Å². The third-order valence-electron chi connectivity index (χ3n) is 7.16. The highest BCUT2D eigenvalue weighted by Gasteiger charge is 2.53. The molecule has 0 bridgehead atoms. The molecular weight excluding hydrogens is 499 g/mol. The highest BCUT2D eigenvalue weighted by atomic mass is 19.4. The van der Waals surface area contributed by atoms with Crippen molar-refractivity contribution >= 4 is 28.7 Å². The van der Waals surface area contributed by atoms with E-state index in [1.54, 1.807) is 36.1 Å². The van der Waals surface area contributed by atoms with E-state index < -0.39 is 42.6 Å². The zero-order valence-corrected chi connectivity index (χ0v) is 21.1. The molecule has 0 spiro atoms. The first-order chi connectivity index (χ1) is 18.1. The van der Waals surface area contributed by atoms with Gasteiger partial charge in [-0.15, -0.1) is 5.92 Å². The highest BCUT2D eigenvalue weighted by molar-refractivity contribution is 6.04. The van der Waals surface area contributed by atoms with Crippen LogP contribution in [0.25, 0.3) is 10.8 Å². The second kappa shape index (κ2) is 9.79. The number of hydrogen-bond acceptors (Lipinski definition) is 7. The molecule has 4 heterocycles. The summed E-state index contributed by atoms with van der Waals surface area (Å²) in [6, 6.07) is 5.87. The van der Waals surface area contributed by atoms with Crippen LogP contribution < -0.4 is 5.73 Å². The molecule has 0 saturated carbocycles. The van der Waals surface area contributed by atoms with Crippen LogP contribution in [-0.2, 0) is 17.5 Å². The molecule has 3 atom stereocenters. The molecule has 2 unspecified atom stereocenters. The molecule has 3 amide bonds. The van der Waals surface area contributed by atoms with E-state index in [1.165, 1.54) is 11.9 Å². The maximum Gasteiger partial charge on any atom is 0.433 e. The molecule has 2 saturated heterocycles. The Hall–Kier alpha value is -3.85. The molecular formula is C26H28F3N7O2. The number of hydrogen-bond donors (Lipinski definition) is 1. The average molecular weight is 528 g/mol. The molecule has 3 aliphatic heterocycles. The maximum absolute atomic E-state index is 13.9. The topological polar surface area (TPSA) is 98.4 Å². The number of amides is 3. The Morgan fingerprint density at radius 3 is 2.68 bits per heavy atom. The number of guanidine groups is 1. The fourth-order valence-corrected chi connectivity index (χ4v) is 5.29. The maximum atomic E-state index is 13.9. The summed E-state index contributed by atoms with van der Waals surface area (Å²) in [7, 11) is 1.54. The number of piperidine rings is 1. The molecule has 12 heteroatoms. The summed E-state index contributed by atoms with van der Waals surface area (Å²) < 4.78 is 40.8. The van der Waals surface area contributed by atoms with Crippen molar-refractivity contribution in [3.63, 3.8) is 0 Å². The summed E-state index contributed by atoms with van der Waals surface area (Å²) >= 11 is 0. The second-order valence-electron chi connectivity index (χ2n) is 9.68. The van der Waals surface area contributed by atoms with Crippen LogP contribution in [0.2, 0.25) is 0 Å². The lowest BCUT2D eigenvalue weighted by atomic mass is 10.1. The fourth-order valence-electron chi connectivity index (χ4n) is 5.29. The van der Waals surface area contributed by atoms with Crippen LogP contribution in [-0.4, -0.2) is 87.4 Å². The molecule has 0 aliphatic carbocycles. The molecule has 1 aromatic heterocycles. The van der Waals surface area contributed by atoms with E-state index >= 15 is 0 Å². The number of carbonyl (C=O) groups is 2. The predicted octanol–water partition coefficient (Wildman–Crippen LogP) is 2.46. The molecule has 2 N–H and O–H groups in total. The Morgan fingerprint density at radius 2 is 1.97 bits per heavy atom. The number of nitrogens with two attached hydrogens (primary N) is 1. The summed E-state index contributed by atoms with van der Waals surface area (Å²) in [6.07, 6.45) is -3.72. The Balaban J connectivity index is 1.52. The first-order valence-electron chi connectivity index (χ1n) is 12.4. The van der Waals surface area contributed by atoms with E-state index in [-0.39, 0.29) is 18.3 Å². The molecule has 5 rings (SSSR count). The Morgan fingerprint density at radius 1 is 1.21 bits per heavy atom. The third kappa shape index (κ3) is 4.51. The quantitative estimate of drug-likeness (QED) is 0.616. The number of aromatic nitrogens is 1. The minimum Gasteiger partial charge on any atom is -0.341 e. The van der Waals surface area contributed by atoms with E-state index in [9.17, 15) is 22.8 Å². The van der Waals surface area contributed by atoms with Crippen LogP contribution in [0.4, 0.5) is 18.0 Å². The van der Waals surface area contributed by atoms with Crippen molar-refractivity contribution in [3.8, 4) is 11.8 Å². The zero-order chi connectivity index (χ0) is 27.2. The lowest BCUT2D eigenvalue weighted by molar-refractivity contribution is -0.141. The number of rotatable bonds is 3. The van der Waals surface area contributed by atoms with Crippen LogP contribution in [0.5, 0.6) is 0 Å².